The summed E-state index contributed by atoms with van der Waals surface area (Å²) < 4.78 is 0. The smallest absolute Gasteiger partial charge is 0.230 e. The van der Waals surface area contributed by atoms with Crippen LogP contribution in [0.2, 0.25) is 0 Å². The van der Waals surface area contributed by atoms with Crippen molar-refractivity contribution in [3.8, 4) is 0 Å². The Morgan fingerprint density at radius 3 is 2.57 bits per heavy atom. The first-order valence-corrected chi connectivity index (χ1v) is 9.74. The summed E-state index contributed by atoms with van der Waals surface area (Å²) in [7, 11) is 0. The first kappa shape index (κ1) is 17.1. The summed E-state index contributed by atoms with van der Waals surface area (Å²) >= 11 is 1.85. The van der Waals surface area contributed by atoms with Crippen LogP contribution in [0, 0.1) is 11.3 Å². The van der Waals surface area contributed by atoms with Crippen molar-refractivity contribution in [1.29, 1.82) is 0 Å². The van der Waals surface area contributed by atoms with E-state index in [1.54, 1.807) is 0 Å². The highest BCUT2D eigenvalue weighted by Gasteiger charge is 2.34. The summed E-state index contributed by atoms with van der Waals surface area (Å²) in [4.78, 5) is 12.1. The first-order valence-electron chi connectivity index (χ1n) is 8.69. The molecular weight excluding hydrogens is 280 g/mol. The van der Waals surface area contributed by atoms with Gasteiger partial charge >= 0.3 is 0 Å². The molecule has 3 nitrogen and oxygen atoms in total. The Kier molecular flexibility index (Phi) is 6.87. The molecule has 0 spiro atoms. The number of carbonyl (C=O) groups excluding carboxylic acids is 1. The highest BCUT2D eigenvalue weighted by atomic mass is 32.2. The monoisotopic (exact) mass is 312 g/mol. The number of amides is 1. The van der Waals surface area contributed by atoms with Crippen molar-refractivity contribution < 1.29 is 4.79 Å². The molecular formula is C17H32N2OS. The van der Waals surface area contributed by atoms with Crippen molar-refractivity contribution in [2.75, 3.05) is 25.4 Å². The average molecular weight is 313 g/mol. The number of rotatable bonds is 7. The van der Waals surface area contributed by atoms with Crippen LogP contribution in [0.25, 0.3) is 0 Å². The van der Waals surface area contributed by atoms with Crippen LogP contribution in [0.4, 0.5) is 0 Å². The fraction of sp³-hybridized carbons (Fsp3) is 0.941. The van der Waals surface area contributed by atoms with Crippen molar-refractivity contribution in [3.63, 3.8) is 0 Å². The Morgan fingerprint density at radius 1 is 1.29 bits per heavy atom. The van der Waals surface area contributed by atoms with E-state index in [-0.39, 0.29) is 5.91 Å². The van der Waals surface area contributed by atoms with E-state index < -0.39 is 0 Å². The normalized spacial score (nSPS) is 22.6. The van der Waals surface area contributed by atoms with Gasteiger partial charge in [0, 0.05) is 11.8 Å². The molecule has 4 heteroatoms. The average Bonchev–Trinajstić information content (AvgIpc) is 2.92. The van der Waals surface area contributed by atoms with Gasteiger partial charge in [0.2, 0.25) is 5.91 Å². The summed E-state index contributed by atoms with van der Waals surface area (Å²) in [6.07, 6.45) is 8.94. The third kappa shape index (κ3) is 5.82. The van der Waals surface area contributed by atoms with E-state index in [1.165, 1.54) is 44.9 Å². The Hall–Kier alpha value is -0.220. The van der Waals surface area contributed by atoms with E-state index in [2.05, 4.69) is 24.5 Å². The minimum Gasteiger partial charge on any atom is -0.355 e. The lowest BCUT2D eigenvalue weighted by Crippen LogP contribution is -2.38. The fourth-order valence-corrected chi connectivity index (χ4v) is 5.00. The second-order valence-corrected chi connectivity index (χ2v) is 8.63. The lowest BCUT2D eigenvalue weighted by molar-refractivity contribution is -0.119. The molecule has 0 aromatic rings. The zero-order valence-corrected chi connectivity index (χ0v) is 14.6. The first-order chi connectivity index (χ1) is 10.1. The van der Waals surface area contributed by atoms with Crippen LogP contribution in [-0.4, -0.2) is 36.5 Å². The predicted octanol–water partition coefficient (Wildman–Crippen LogP) is 3.19. The van der Waals surface area contributed by atoms with E-state index in [0.29, 0.717) is 16.4 Å². The van der Waals surface area contributed by atoms with Gasteiger partial charge in [-0.05, 0) is 56.5 Å². The largest absolute Gasteiger partial charge is 0.355 e. The minimum absolute atomic E-state index is 0.244. The van der Waals surface area contributed by atoms with Gasteiger partial charge < -0.3 is 10.6 Å². The number of nitrogens with one attached hydrogen (secondary N) is 2. The lowest BCUT2D eigenvalue weighted by Gasteiger charge is -2.31. The number of carbonyl (C=O) groups is 1. The van der Waals surface area contributed by atoms with Crippen molar-refractivity contribution >= 4 is 17.7 Å². The van der Waals surface area contributed by atoms with Gasteiger partial charge in [0.25, 0.3) is 0 Å². The zero-order valence-electron chi connectivity index (χ0n) is 13.7. The number of thioether (sulfide) groups is 1. The van der Waals surface area contributed by atoms with E-state index in [0.717, 1.165) is 25.6 Å². The molecule has 122 valence electrons. The molecule has 1 saturated carbocycles. The van der Waals surface area contributed by atoms with Gasteiger partial charge in [-0.25, -0.2) is 0 Å². The molecule has 2 aliphatic rings. The van der Waals surface area contributed by atoms with Crippen molar-refractivity contribution in [2.45, 2.75) is 64.0 Å². The molecule has 2 rings (SSSR count). The van der Waals surface area contributed by atoms with Crippen LogP contribution in [0.15, 0.2) is 0 Å². The van der Waals surface area contributed by atoms with Crippen LogP contribution < -0.4 is 10.6 Å². The van der Waals surface area contributed by atoms with Crippen molar-refractivity contribution in [2.24, 2.45) is 11.3 Å². The Labute approximate surface area is 134 Å². The topological polar surface area (TPSA) is 41.1 Å². The molecule has 1 amide bonds. The second kappa shape index (κ2) is 8.42. The summed E-state index contributed by atoms with van der Waals surface area (Å²) in [5.41, 5.74) is 0.392. The summed E-state index contributed by atoms with van der Waals surface area (Å²) in [5, 5.41) is 7.28. The lowest BCUT2D eigenvalue weighted by atomic mass is 9.78. The third-order valence-corrected chi connectivity index (χ3v) is 6.27. The molecule has 2 fully saturated rings. The van der Waals surface area contributed by atoms with Gasteiger partial charge in [-0.1, -0.05) is 26.7 Å². The molecule has 1 aliphatic heterocycles. The fourth-order valence-electron chi connectivity index (χ4n) is 3.94. The molecule has 0 atom stereocenters. The minimum atomic E-state index is 0.244. The standard InChI is InChI=1S/C17H32N2OS/c1-14(2)11-17(7-3-4-8-17)13-19-16(20)12-21-15-5-9-18-10-6-15/h14-15,18H,3-13H2,1-2H3,(H,19,20). The molecule has 0 bridgehead atoms. The molecule has 21 heavy (non-hydrogen) atoms. The van der Waals surface area contributed by atoms with E-state index in [4.69, 9.17) is 0 Å². The van der Waals surface area contributed by atoms with Gasteiger partial charge in [0.05, 0.1) is 5.75 Å². The molecule has 0 aromatic carbocycles. The quantitative estimate of drug-likeness (QED) is 0.758. The number of piperidine rings is 1. The van der Waals surface area contributed by atoms with Gasteiger partial charge in [-0.2, -0.15) is 0 Å². The maximum absolute atomic E-state index is 12.1. The molecule has 2 N–H and O–H groups in total. The van der Waals surface area contributed by atoms with Gasteiger partial charge in [0.15, 0.2) is 0 Å². The predicted molar refractivity (Wildman–Crippen MR) is 91.7 cm³/mol. The Morgan fingerprint density at radius 2 is 1.95 bits per heavy atom. The van der Waals surface area contributed by atoms with Crippen LogP contribution in [0.1, 0.15) is 58.8 Å². The van der Waals surface area contributed by atoms with Gasteiger partial charge in [0.1, 0.15) is 0 Å². The molecule has 1 saturated heterocycles. The molecule has 0 aromatic heterocycles. The van der Waals surface area contributed by atoms with E-state index in [1.807, 2.05) is 11.8 Å². The van der Waals surface area contributed by atoms with Gasteiger partial charge in [-0.15, -0.1) is 11.8 Å². The van der Waals surface area contributed by atoms with Crippen LogP contribution in [0.3, 0.4) is 0 Å². The van der Waals surface area contributed by atoms with Crippen molar-refractivity contribution in [3.05, 3.63) is 0 Å². The van der Waals surface area contributed by atoms with E-state index >= 15 is 0 Å². The second-order valence-electron chi connectivity index (χ2n) is 7.34. The summed E-state index contributed by atoms with van der Waals surface area (Å²) in [6.45, 7) is 7.72. The zero-order chi connectivity index (χ0) is 15.1. The van der Waals surface area contributed by atoms with Crippen molar-refractivity contribution in [1.82, 2.24) is 10.6 Å². The highest BCUT2D eigenvalue weighted by Crippen LogP contribution is 2.42. The number of hydrogen-bond acceptors (Lipinski definition) is 3. The number of hydrogen-bond donors (Lipinski definition) is 2. The third-order valence-electron chi connectivity index (χ3n) is 4.90. The highest BCUT2D eigenvalue weighted by molar-refractivity contribution is 8.00. The Bertz CT molecular complexity index is 321. The Balaban J connectivity index is 1.69. The molecule has 0 unspecified atom stereocenters. The summed E-state index contributed by atoms with van der Waals surface area (Å²) in [5.74, 6) is 1.61. The summed E-state index contributed by atoms with van der Waals surface area (Å²) in [6, 6.07) is 0. The maximum Gasteiger partial charge on any atom is 0.230 e. The van der Waals surface area contributed by atoms with Gasteiger partial charge in [-0.3, -0.25) is 4.79 Å². The SMILES string of the molecule is CC(C)CC1(CNC(=O)CSC2CCNCC2)CCCC1. The maximum atomic E-state index is 12.1. The molecule has 0 radical (unpaired) electrons. The van der Waals surface area contributed by atoms with E-state index in [9.17, 15) is 4.79 Å². The molecule has 1 heterocycles. The molecule has 1 aliphatic carbocycles. The van der Waals surface area contributed by atoms with Crippen LogP contribution in [0.5, 0.6) is 0 Å². The van der Waals surface area contributed by atoms with Crippen LogP contribution >= 0.6 is 11.8 Å². The van der Waals surface area contributed by atoms with Crippen LogP contribution in [-0.2, 0) is 4.79 Å².